The van der Waals surface area contributed by atoms with E-state index in [9.17, 15) is 14.4 Å². The van der Waals surface area contributed by atoms with Gasteiger partial charge in [-0.05, 0) is 60.2 Å². The minimum absolute atomic E-state index is 0.181. The molecule has 31 heavy (non-hydrogen) atoms. The van der Waals surface area contributed by atoms with Gasteiger partial charge in [0.1, 0.15) is 13.2 Å². The first-order valence-electron chi connectivity index (χ1n) is 9.37. The van der Waals surface area contributed by atoms with Crippen molar-refractivity contribution in [2.75, 3.05) is 20.3 Å². The summed E-state index contributed by atoms with van der Waals surface area (Å²) in [6, 6.07) is 13.0. The van der Waals surface area contributed by atoms with Gasteiger partial charge in [-0.15, -0.1) is 0 Å². The molecule has 0 radical (unpaired) electrons. The first-order chi connectivity index (χ1) is 14.9. The Hall–Kier alpha value is -2.78. The van der Waals surface area contributed by atoms with Crippen molar-refractivity contribution < 1.29 is 28.6 Å². The van der Waals surface area contributed by atoms with E-state index in [-0.39, 0.29) is 11.5 Å². The molecule has 7 nitrogen and oxygen atoms in total. The van der Waals surface area contributed by atoms with Crippen LogP contribution < -0.4 is 9.47 Å². The van der Waals surface area contributed by atoms with E-state index in [1.54, 1.807) is 31.2 Å². The number of methoxy groups -OCH3 is 1. The second kappa shape index (κ2) is 10.5. The highest BCUT2D eigenvalue weighted by Crippen LogP contribution is 2.34. The summed E-state index contributed by atoms with van der Waals surface area (Å²) in [4.78, 5) is 37.4. The average molecular weight is 506 g/mol. The van der Waals surface area contributed by atoms with Crippen LogP contribution in [0.15, 0.2) is 51.8 Å². The summed E-state index contributed by atoms with van der Waals surface area (Å²) in [6.45, 7) is 1.81. The SMILES string of the molecule is CCOC(=O)CN1C(=O)S/C(=C\c2ccc(OCc3ccc(Br)cc3)c(OC)c2)C1=O. The second-order valence-electron chi connectivity index (χ2n) is 6.40. The molecule has 2 aromatic rings. The zero-order chi connectivity index (χ0) is 22.4. The second-order valence-corrected chi connectivity index (χ2v) is 8.31. The molecule has 0 aliphatic carbocycles. The van der Waals surface area contributed by atoms with Crippen LogP contribution in [0.2, 0.25) is 0 Å². The van der Waals surface area contributed by atoms with Crippen molar-refractivity contribution in [2.24, 2.45) is 0 Å². The highest BCUT2D eigenvalue weighted by Gasteiger charge is 2.36. The van der Waals surface area contributed by atoms with E-state index in [1.165, 1.54) is 7.11 Å². The molecular weight excluding hydrogens is 486 g/mol. The van der Waals surface area contributed by atoms with Gasteiger partial charge in [0.15, 0.2) is 11.5 Å². The number of hydrogen-bond acceptors (Lipinski definition) is 7. The van der Waals surface area contributed by atoms with Gasteiger partial charge >= 0.3 is 5.97 Å². The van der Waals surface area contributed by atoms with E-state index in [2.05, 4.69) is 15.9 Å². The van der Waals surface area contributed by atoms with Gasteiger partial charge in [-0.2, -0.15) is 0 Å². The number of halogens is 1. The molecule has 1 heterocycles. The number of esters is 1. The molecule has 0 N–H and O–H groups in total. The van der Waals surface area contributed by atoms with Crippen LogP contribution >= 0.6 is 27.7 Å². The topological polar surface area (TPSA) is 82.1 Å². The molecule has 1 fully saturated rings. The maximum absolute atomic E-state index is 12.5. The average Bonchev–Trinajstić information content (AvgIpc) is 3.01. The van der Waals surface area contributed by atoms with E-state index < -0.39 is 23.7 Å². The maximum atomic E-state index is 12.5. The molecule has 0 saturated carbocycles. The standard InChI is InChI=1S/C22H20BrNO6S/c1-3-29-20(25)12-24-21(26)19(31-22(24)27)11-15-6-9-17(18(10-15)28-2)30-13-14-4-7-16(23)8-5-14/h4-11H,3,12-13H2,1-2H3/b19-11-. The van der Waals surface area contributed by atoms with Gasteiger partial charge in [-0.3, -0.25) is 19.3 Å². The lowest BCUT2D eigenvalue weighted by Crippen LogP contribution is -2.34. The summed E-state index contributed by atoms with van der Waals surface area (Å²) in [7, 11) is 1.53. The zero-order valence-corrected chi connectivity index (χ0v) is 19.3. The quantitative estimate of drug-likeness (QED) is 0.381. The van der Waals surface area contributed by atoms with E-state index in [1.807, 2.05) is 24.3 Å². The lowest BCUT2D eigenvalue weighted by Gasteiger charge is -2.12. The molecule has 1 aliphatic rings. The van der Waals surface area contributed by atoms with Crippen LogP contribution in [0.5, 0.6) is 11.5 Å². The van der Waals surface area contributed by atoms with Gasteiger partial charge in [0, 0.05) is 4.47 Å². The number of carbonyl (C=O) groups excluding carboxylic acids is 3. The van der Waals surface area contributed by atoms with Crippen molar-refractivity contribution in [2.45, 2.75) is 13.5 Å². The van der Waals surface area contributed by atoms with E-state index in [0.717, 1.165) is 26.7 Å². The molecule has 162 valence electrons. The highest BCUT2D eigenvalue weighted by molar-refractivity contribution is 9.10. The Bertz CT molecular complexity index is 1020. The predicted molar refractivity (Wildman–Crippen MR) is 121 cm³/mol. The molecule has 0 unspecified atom stereocenters. The Morgan fingerprint density at radius 1 is 1.13 bits per heavy atom. The predicted octanol–water partition coefficient (Wildman–Crippen LogP) is 4.64. The van der Waals surface area contributed by atoms with Crippen LogP contribution in [0.4, 0.5) is 4.79 Å². The zero-order valence-electron chi connectivity index (χ0n) is 16.9. The number of benzene rings is 2. The van der Waals surface area contributed by atoms with E-state index >= 15 is 0 Å². The largest absolute Gasteiger partial charge is 0.493 e. The Kier molecular flexibility index (Phi) is 7.75. The molecule has 2 aromatic carbocycles. The smallest absolute Gasteiger partial charge is 0.326 e. The van der Waals surface area contributed by atoms with Gasteiger partial charge in [0.25, 0.3) is 11.1 Å². The van der Waals surface area contributed by atoms with Crippen LogP contribution in [0, 0.1) is 0 Å². The van der Waals surface area contributed by atoms with Crippen LogP contribution in [-0.4, -0.2) is 42.3 Å². The van der Waals surface area contributed by atoms with Crippen molar-refractivity contribution in [3.8, 4) is 11.5 Å². The van der Waals surface area contributed by atoms with Crippen molar-refractivity contribution in [1.29, 1.82) is 0 Å². The number of hydrogen-bond donors (Lipinski definition) is 0. The van der Waals surface area contributed by atoms with E-state index in [4.69, 9.17) is 14.2 Å². The molecule has 0 spiro atoms. The third-order valence-corrected chi connectivity index (χ3v) is 5.70. The van der Waals surface area contributed by atoms with Gasteiger partial charge < -0.3 is 14.2 Å². The van der Waals surface area contributed by atoms with Crippen molar-refractivity contribution in [3.63, 3.8) is 0 Å². The Balaban J connectivity index is 1.72. The molecule has 1 saturated heterocycles. The van der Waals surface area contributed by atoms with Crippen molar-refractivity contribution >= 4 is 50.9 Å². The number of imide groups is 1. The minimum Gasteiger partial charge on any atom is -0.493 e. The molecular formula is C22H20BrNO6S. The first kappa shape index (κ1) is 22.9. The van der Waals surface area contributed by atoms with Crippen LogP contribution in [0.3, 0.4) is 0 Å². The van der Waals surface area contributed by atoms with Crippen LogP contribution in [0.25, 0.3) is 6.08 Å². The van der Waals surface area contributed by atoms with E-state index in [0.29, 0.717) is 23.7 Å². The van der Waals surface area contributed by atoms with Gasteiger partial charge in [-0.1, -0.05) is 34.1 Å². The lowest BCUT2D eigenvalue weighted by atomic mass is 10.1. The highest BCUT2D eigenvalue weighted by atomic mass is 79.9. The molecule has 1 aliphatic heterocycles. The summed E-state index contributed by atoms with van der Waals surface area (Å²) in [5, 5.41) is -0.509. The number of amides is 2. The molecule has 9 heteroatoms. The molecule has 3 rings (SSSR count). The number of carbonyl (C=O) groups is 3. The Morgan fingerprint density at radius 2 is 1.87 bits per heavy atom. The molecule has 0 aromatic heterocycles. The maximum Gasteiger partial charge on any atom is 0.326 e. The summed E-state index contributed by atoms with van der Waals surface area (Å²) in [5.74, 6) is -0.104. The summed E-state index contributed by atoms with van der Waals surface area (Å²) >= 11 is 4.18. The fourth-order valence-electron chi connectivity index (χ4n) is 2.76. The van der Waals surface area contributed by atoms with Crippen molar-refractivity contribution in [1.82, 2.24) is 4.90 Å². The minimum atomic E-state index is -0.625. The number of thioether (sulfide) groups is 1. The fourth-order valence-corrected chi connectivity index (χ4v) is 3.86. The number of ether oxygens (including phenoxy) is 3. The third kappa shape index (κ3) is 5.89. The normalized spacial score (nSPS) is 14.8. The lowest BCUT2D eigenvalue weighted by molar-refractivity contribution is -0.145. The molecule has 2 amide bonds. The molecule has 0 atom stereocenters. The van der Waals surface area contributed by atoms with Gasteiger partial charge in [0.2, 0.25) is 0 Å². The summed E-state index contributed by atoms with van der Waals surface area (Å²) in [6.07, 6.45) is 1.58. The first-order valence-corrected chi connectivity index (χ1v) is 11.0. The summed E-state index contributed by atoms with van der Waals surface area (Å²) < 4.78 is 17.1. The van der Waals surface area contributed by atoms with Crippen LogP contribution in [0.1, 0.15) is 18.1 Å². The molecule has 0 bridgehead atoms. The Morgan fingerprint density at radius 3 is 2.55 bits per heavy atom. The van der Waals surface area contributed by atoms with Crippen LogP contribution in [-0.2, 0) is 20.9 Å². The monoisotopic (exact) mass is 505 g/mol. The van der Waals surface area contributed by atoms with Gasteiger partial charge in [0.05, 0.1) is 18.6 Å². The summed E-state index contributed by atoms with van der Waals surface area (Å²) in [5.41, 5.74) is 1.67. The fraction of sp³-hybridized carbons (Fsp3) is 0.227. The Labute approximate surface area is 192 Å². The van der Waals surface area contributed by atoms with Crippen molar-refractivity contribution in [3.05, 3.63) is 63.0 Å². The van der Waals surface area contributed by atoms with Gasteiger partial charge in [-0.25, -0.2) is 0 Å². The third-order valence-electron chi connectivity index (χ3n) is 4.26. The number of rotatable bonds is 8. The number of nitrogens with zero attached hydrogens (tertiary/aromatic N) is 1.